The minimum absolute atomic E-state index is 0.273. The molecule has 0 aliphatic carbocycles. The molecule has 0 aromatic heterocycles. The van der Waals surface area contributed by atoms with Crippen LogP contribution in [0.25, 0.3) is 0 Å². The maximum absolute atomic E-state index is 10.2. The summed E-state index contributed by atoms with van der Waals surface area (Å²) in [4.78, 5) is 7.08. The van der Waals surface area contributed by atoms with Crippen LogP contribution in [0, 0.1) is 0 Å². The fourth-order valence-corrected chi connectivity index (χ4v) is 3.73. The van der Waals surface area contributed by atoms with Gasteiger partial charge in [0.05, 0.1) is 25.9 Å². The predicted molar refractivity (Wildman–Crippen MR) is 126 cm³/mol. The zero-order valence-corrected chi connectivity index (χ0v) is 18.5. The molecule has 0 bridgehead atoms. The highest BCUT2D eigenvalue weighted by atomic mass is 16.5. The van der Waals surface area contributed by atoms with Gasteiger partial charge in [-0.1, -0.05) is 60.7 Å². The van der Waals surface area contributed by atoms with E-state index in [0.29, 0.717) is 19.2 Å². The lowest BCUT2D eigenvalue weighted by Gasteiger charge is -2.33. The summed E-state index contributed by atoms with van der Waals surface area (Å²) in [6.45, 7) is 7.09. The molecule has 1 atom stereocenters. The summed E-state index contributed by atoms with van der Waals surface area (Å²) >= 11 is 0. The van der Waals surface area contributed by atoms with E-state index in [4.69, 9.17) is 4.74 Å². The van der Waals surface area contributed by atoms with Crippen molar-refractivity contribution in [1.29, 1.82) is 0 Å². The highest BCUT2D eigenvalue weighted by molar-refractivity contribution is 5.80. The Morgan fingerprint density at radius 2 is 1.71 bits per heavy atom. The van der Waals surface area contributed by atoms with E-state index in [1.54, 1.807) is 0 Å². The Hall–Kier alpha value is -2.41. The van der Waals surface area contributed by atoms with E-state index >= 15 is 0 Å². The van der Waals surface area contributed by atoms with Crippen molar-refractivity contribution in [2.24, 2.45) is 4.99 Å². The van der Waals surface area contributed by atoms with Crippen LogP contribution in [0.5, 0.6) is 0 Å². The number of aliphatic hydroxyl groups excluding tert-OH is 1. The first kappa shape index (κ1) is 23.3. The molecule has 1 unspecified atom stereocenters. The Morgan fingerprint density at radius 1 is 1.06 bits per heavy atom. The minimum atomic E-state index is -0.619. The lowest BCUT2D eigenvalue weighted by atomic mass is 10.0. The Balaban J connectivity index is 1.38. The molecule has 1 saturated heterocycles. The highest BCUT2D eigenvalue weighted by Gasteiger charge is 2.20. The van der Waals surface area contributed by atoms with E-state index in [0.717, 1.165) is 50.5 Å². The molecule has 0 amide bonds. The van der Waals surface area contributed by atoms with Crippen molar-refractivity contribution < 1.29 is 9.84 Å². The third-order valence-electron chi connectivity index (χ3n) is 5.40. The van der Waals surface area contributed by atoms with Crippen LogP contribution in [-0.2, 0) is 17.9 Å². The van der Waals surface area contributed by atoms with Crippen molar-refractivity contribution in [2.75, 3.05) is 32.8 Å². The van der Waals surface area contributed by atoms with Crippen LogP contribution in [-0.4, -0.2) is 60.9 Å². The van der Waals surface area contributed by atoms with Crippen molar-refractivity contribution in [1.82, 2.24) is 15.5 Å². The molecule has 0 saturated carbocycles. The van der Waals surface area contributed by atoms with E-state index in [1.807, 2.05) is 30.3 Å². The van der Waals surface area contributed by atoms with Crippen molar-refractivity contribution in [3.63, 3.8) is 0 Å². The normalized spacial score (nSPS) is 16.8. The van der Waals surface area contributed by atoms with Gasteiger partial charge >= 0.3 is 0 Å². The van der Waals surface area contributed by atoms with Gasteiger partial charge in [0.1, 0.15) is 0 Å². The first-order valence-electron chi connectivity index (χ1n) is 11.3. The van der Waals surface area contributed by atoms with Crippen LogP contribution in [0.3, 0.4) is 0 Å². The van der Waals surface area contributed by atoms with Crippen molar-refractivity contribution in [3.8, 4) is 0 Å². The molecule has 2 aromatic rings. The van der Waals surface area contributed by atoms with E-state index < -0.39 is 6.10 Å². The number of benzene rings is 2. The largest absolute Gasteiger partial charge is 0.389 e. The fourth-order valence-electron chi connectivity index (χ4n) is 3.73. The average molecular weight is 425 g/mol. The third kappa shape index (κ3) is 8.69. The van der Waals surface area contributed by atoms with Gasteiger partial charge in [-0.3, -0.25) is 9.89 Å². The number of hydrogen-bond acceptors (Lipinski definition) is 4. The third-order valence-corrected chi connectivity index (χ3v) is 5.40. The number of nitrogens with one attached hydrogen (secondary N) is 2. The molecule has 1 aliphatic heterocycles. The van der Waals surface area contributed by atoms with Gasteiger partial charge in [0.2, 0.25) is 0 Å². The van der Waals surface area contributed by atoms with Crippen molar-refractivity contribution in [3.05, 3.63) is 71.8 Å². The number of likely N-dealkylation sites (tertiary alicyclic amines) is 1. The molecular formula is C25H36N4O2. The lowest BCUT2D eigenvalue weighted by molar-refractivity contribution is 0.0331. The summed E-state index contributed by atoms with van der Waals surface area (Å²) in [5.74, 6) is 0.770. The molecular weight excluding hydrogens is 388 g/mol. The molecule has 3 N–H and O–H groups in total. The van der Waals surface area contributed by atoms with Crippen molar-refractivity contribution in [2.45, 2.75) is 45.1 Å². The number of aliphatic imine (C=N–C) groups is 1. The van der Waals surface area contributed by atoms with Gasteiger partial charge in [0.15, 0.2) is 5.96 Å². The number of hydrogen-bond donors (Lipinski definition) is 3. The number of guanidine groups is 1. The van der Waals surface area contributed by atoms with Crippen LogP contribution in [0.15, 0.2) is 65.7 Å². The van der Waals surface area contributed by atoms with Crippen LogP contribution in [0.2, 0.25) is 0 Å². The standard InChI is InChI=1S/C25H36N4O2/c1-2-26-25(27-17-24(30)20-31-19-22-11-7-4-8-12-22)28-23-13-15-29(16-14-23)18-21-9-5-3-6-10-21/h3-12,23-24,30H,2,13-20H2,1H3,(H2,26,27,28). The van der Waals surface area contributed by atoms with Crippen LogP contribution in [0.1, 0.15) is 30.9 Å². The second-order valence-electron chi connectivity index (χ2n) is 8.05. The van der Waals surface area contributed by atoms with Gasteiger partial charge in [0, 0.05) is 32.2 Å². The van der Waals surface area contributed by atoms with E-state index in [2.05, 4.69) is 57.8 Å². The zero-order valence-electron chi connectivity index (χ0n) is 18.5. The number of ether oxygens (including phenoxy) is 1. The number of piperidine rings is 1. The van der Waals surface area contributed by atoms with Crippen LogP contribution >= 0.6 is 0 Å². The first-order valence-corrected chi connectivity index (χ1v) is 11.3. The lowest BCUT2D eigenvalue weighted by Crippen LogP contribution is -2.48. The van der Waals surface area contributed by atoms with Crippen LogP contribution < -0.4 is 10.6 Å². The Bertz CT molecular complexity index is 762. The summed E-state index contributed by atoms with van der Waals surface area (Å²) in [7, 11) is 0. The predicted octanol–water partition coefficient (Wildman–Crippen LogP) is 2.78. The maximum atomic E-state index is 10.2. The Labute approximate surface area is 186 Å². The highest BCUT2D eigenvalue weighted by Crippen LogP contribution is 2.13. The van der Waals surface area contributed by atoms with Crippen molar-refractivity contribution >= 4 is 5.96 Å². The molecule has 0 radical (unpaired) electrons. The summed E-state index contributed by atoms with van der Waals surface area (Å²) in [5, 5.41) is 17.1. The molecule has 1 heterocycles. The second kappa shape index (κ2) is 13.1. The summed E-state index contributed by atoms with van der Waals surface area (Å²) in [6, 6.07) is 21.0. The van der Waals surface area contributed by atoms with Gasteiger partial charge in [-0.25, -0.2) is 0 Å². The van der Waals surface area contributed by atoms with Gasteiger partial charge < -0.3 is 20.5 Å². The summed E-state index contributed by atoms with van der Waals surface area (Å²) < 4.78 is 5.62. The van der Waals surface area contributed by atoms with Crippen LogP contribution in [0.4, 0.5) is 0 Å². The molecule has 3 rings (SSSR count). The SMILES string of the molecule is CCNC(=NCC(O)COCc1ccccc1)NC1CCN(Cc2ccccc2)CC1. The van der Waals surface area contributed by atoms with Gasteiger partial charge in [-0.05, 0) is 30.9 Å². The van der Waals surface area contributed by atoms with E-state index in [-0.39, 0.29) is 6.61 Å². The first-order chi connectivity index (χ1) is 15.2. The zero-order chi connectivity index (χ0) is 21.7. The molecule has 6 heteroatoms. The second-order valence-corrected chi connectivity index (χ2v) is 8.05. The molecule has 31 heavy (non-hydrogen) atoms. The maximum Gasteiger partial charge on any atom is 0.191 e. The molecule has 1 fully saturated rings. The van der Waals surface area contributed by atoms with Gasteiger partial charge in [0.25, 0.3) is 0 Å². The number of aliphatic hydroxyl groups is 1. The molecule has 2 aromatic carbocycles. The minimum Gasteiger partial charge on any atom is -0.389 e. The average Bonchev–Trinajstić information content (AvgIpc) is 2.80. The number of rotatable bonds is 10. The fraction of sp³-hybridized carbons (Fsp3) is 0.480. The molecule has 168 valence electrons. The number of nitrogens with zero attached hydrogens (tertiary/aromatic N) is 2. The smallest absolute Gasteiger partial charge is 0.191 e. The van der Waals surface area contributed by atoms with Gasteiger partial charge in [-0.15, -0.1) is 0 Å². The quantitative estimate of drug-likeness (QED) is 0.404. The monoisotopic (exact) mass is 424 g/mol. The molecule has 1 aliphatic rings. The summed E-state index contributed by atoms with van der Waals surface area (Å²) in [6.07, 6.45) is 1.55. The summed E-state index contributed by atoms with van der Waals surface area (Å²) in [5.41, 5.74) is 2.47. The topological polar surface area (TPSA) is 69.1 Å². The van der Waals surface area contributed by atoms with Gasteiger partial charge in [-0.2, -0.15) is 0 Å². The molecule has 6 nitrogen and oxygen atoms in total. The molecule has 0 spiro atoms. The van der Waals surface area contributed by atoms with E-state index in [9.17, 15) is 5.11 Å². The van der Waals surface area contributed by atoms with E-state index in [1.165, 1.54) is 5.56 Å². The Morgan fingerprint density at radius 3 is 2.35 bits per heavy atom. The Kier molecular flexibility index (Phi) is 9.83.